The molecule has 0 aliphatic rings. The van der Waals surface area contributed by atoms with Crippen molar-refractivity contribution >= 4 is 28.9 Å². The Labute approximate surface area is 171 Å². The number of para-hydroxylation sites is 1. The number of aromatic nitrogens is 1. The van der Waals surface area contributed by atoms with Crippen molar-refractivity contribution in [2.45, 2.75) is 6.54 Å². The number of nitrogens with zero attached hydrogens (tertiary/aromatic N) is 3. The van der Waals surface area contributed by atoms with Crippen molar-refractivity contribution in [2.24, 2.45) is 10.1 Å². The van der Waals surface area contributed by atoms with E-state index in [-0.39, 0.29) is 0 Å². The van der Waals surface area contributed by atoms with Gasteiger partial charge in [0.2, 0.25) is 4.80 Å². The first-order valence-corrected chi connectivity index (χ1v) is 10.6. The van der Waals surface area contributed by atoms with Gasteiger partial charge in [0.05, 0.1) is 25.6 Å². The molecule has 2 aromatic carbocycles. The van der Waals surface area contributed by atoms with Crippen LogP contribution in [0, 0.1) is 0 Å². The number of rotatable bonds is 6. The van der Waals surface area contributed by atoms with E-state index < -0.39 is 0 Å². The average molecular weight is 406 g/mol. The highest BCUT2D eigenvalue weighted by Gasteiger charge is 2.12. The molecule has 0 saturated heterocycles. The van der Waals surface area contributed by atoms with Crippen LogP contribution >= 0.6 is 22.7 Å². The molecule has 4 aromatic rings. The summed E-state index contributed by atoms with van der Waals surface area (Å²) in [7, 11) is 1.69. The van der Waals surface area contributed by atoms with Crippen molar-refractivity contribution in [1.29, 1.82) is 0 Å². The van der Waals surface area contributed by atoms with Gasteiger partial charge in [0, 0.05) is 16.5 Å². The summed E-state index contributed by atoms with van der Waals surface area (Å²) >= 11 is 3.23. The minimum atomic E-state index is 0.612. The molecule has 0 N–H and O–H groups in total. The van der Waals surface area contributed by atoms with Gasteiger partial charge in [-0.2, -0.15) is 16.4 Å². The van der Waals surface area contributed by atoms with Crippen LogP contribution in [-0.2, 0) is 6.54 Å². The van der Waals surface area contributed by atoms with Gasteiger partial charge in [-0.15, -0.1) is 11.3 Å². The van der Waals surface area contributed by atoms with Crippen LogP contribution in [0.15, 0.2) is 86.9 Å². The van der Waals surface area contributed by atoms with Crippen LogP contribution in [0.3, 0.4) is 0 Å². The lowest BCUT2D eigenvalue weighted by Crippen LogP contribution is -2.12. The smallest absolute Gasteiger partial charge is 0.206 e. The van der Waals surface area contributed by atoms with E-state index in [4.69, 9.17) is 14.8 Å². The van der Waals surface area contributed by atoms with Crippen LogP contribution in [0.4, 0.5) is 0 Å². The Bertz CT molecular complexity index is 1130. The third-order valence-corrected chi connectivity index (χ3v) is 5.73. The Morgan fingerprint density at radius 2 is 1.82 bits per heavy atom. The maximum absolute atomic E-state index is 5.55. The summed E-state index contributed by atoms with van der Waals surface area (Å²) in [5, 5.41) is 10.9. The molecule has 0 saturated carbocycles. The minimum Gasteiger partial charge on any atom is -0.496 e. The summed E-state index contributed by atoms with van der Waals surface area (Å²) in [6, 6.07) is 20.3. The second-order valence-electron chi connectivity index (χ2n) is 6.02. The molecule has 0 amide bonds. The van der Waals surface area contributed by atoms with Gasteiger partial charge in [0.15, 0.2) is 0 Å². The normalized spacial score (nSPS) is 12.0. The van der Waals surface area contributed by atoms with Gasteiger partial charge in [0.1, 0.15) is 5.75 Å². The molecule has 2 aromatic heterocycles. The Morgan fingerprint density at radius 1 is 1.00 bits per heavy atom. The summed E-state index contributed by atoms with van der Waals surface area (Å²) in [5.41, 5.74) is 4.19. The van der Waals surface area contributed by atoms with Crippen molar-refractivity contribution in [2.75, 3.05) is 7.11 Å². The number of thiazole rings is 1. The Hall–Kier alpha value is -2.96. The van der Waals surface area contributed by atoms with Gasteiger partial charge in [-0.3, -0.25) is 4.99 Å². The maximum atomic E-state index is 5.55. The van der Waals surface area contributed by atoms with E-state index in [0.29, 0.717) is 6.54 Å². The Balaban J connectivity index is 1.79. The summed E-state index contributed by atoms with van der Waals surface area (Å²) in [5.74, 6) is 0.814. The zero-order valence-electron chi connectivity index (χ0n) is 15.4. The van der Waals surface area contributed by atoms with Gasteiger partial charge >= 0.3 is 0 Å². The zero-order valence-corrected chi connectivity index (χ0v) is 17.0. The molecule has 0 bridgehead atoms. The molecule has 0 atom stereocenters. The number of hydrogen-bond donors (Lipinski definition) is 0. The van der Waals surface area contributed by atoms with E-state index in [1.54, 1.807) is 29.8 Å². The fourth-order valence-corrected chi connectivity index (χ4v) is 4.22. The van der Waals surface area contributed by atoms with E-state index in [1.165, 1.54) is 5.56 Å². The minimum absolute atomic E-state index is 0.612. The fourth-order valence-electron chi connectivity index (χ4n) is 2.78. The van der Waals surface area contributed by atoms with Gasteiger partial charge in [-0.1, -0.05) is 42.5 Å². The molecule has 0 unspecified atom stereocenters. The molecule has 0 aliphatic heterocycles. The Morgan fingerprint density at radius 3 is 2.61 bits per heavy atom. The third kappa shape index (κ3) is 4.13. The lowest BCUT2D eigenvalue weighted by atomic mass is 10.1. The van der Waals surface area contributed by atoms with Gasteiger partial charge in [-0.05, 0) is 34.5 Å². The van der Waals surface area contributed by atoms with Crippen LogP contribution in [0.5, 0.6) is 5.75 Å². The van der Waals surface area contributed by atoms with E-state index >= 15 is 0 Å². The quantitative estimate of drug-likeness (QED) is 0.403. The molecule has 4 rings (SSSR count). The lowest BCUT2D eigenvalue weighted by Gasteiger charge is -2.08. The van der Waals surface area contributed by atoms with Gasteiger partial charge < -0.3 is 4.74 Å². The van der Waals surface area contributed by atoms with E-state index in [0.717, 1.165) is 27.4 Å². The van der Waals surface area contributed by atoms with Crippen molar-refractivity contribution in [3.63, 3.8) is 0 Å². The van der Waals surface area contributed by atoms with Crippen LogP contribution in [0.2, 0.25) is 0 Å². The van der Waals surface area contributed by atoms with Crippen LogP contribution in [0.1, 0.15) is 11.1 Å². The Kier molecular flexibility index (Phi) is 5.80. The molecule has 0 aliphatic carbocycles. The van der Waals surface area contributed by atoms with Gasteiger partial charge in [0.25, 0.3) is 0 Å². The predicted octanol–water partition coefficient (Wildman–Crippen LogP) is 5.27. The number of benzene rings is 2. The SMILES string of the molecule is COc1ccccc1-c1csc(=NCc2ccccc2)n1N=Cc1ccsc1. The number of ether oxygens (including phenoxy) is 1. The summed E-state index contributed by atoms with van der Waals surface area (Å²) < 4.78 is 7.45. The first-order valence-electron chi connectivity index (χ1n) is 8.80. The molecule has 6 heteroatoms. The second-order valence-corrected chi connectivity index (χ2v) is 7.64. The first-order chi connectivity index (χ1) is 13.8. The highest BCUT2D eigenvalue weighted by atomic mass is 32.1. The van der Waals surface area contributed by atoms with E-state index in [9.17, 15) is 0 Å². The fraction of sp³-hybridized carbons (Fsp3) is 0.0909. The molecule has 140 valence electrons. The van der Waals surface area contributed by atoms with Crippen molar-refractivity contribution < 1.29 is 4.74 Å². The van der Waals surface area contributed by atoms with Crippen molar-refractivity contribution in [3.05, 3.63) is 92.7 Å². The number of methoxy groups -OCH3 is 1. The van der Waals surface area contributed by atoms with Gasteiger partial charge in [-0.25, -0.2) is 4.68 Å². The lowest BCUT2D eigenvalue weighted by molar-refractivity contribution is 0.416. The van der Waals surface area contributed by atoms with Crippen molar-refractivity contribution in [1.82, 2.24) is 4.68 Å². The third-order valence-electron chi connectivity index (χ3n) is 4.17. The highest BCUT2D eigenvalue weighted by Crippen LogP contribution is 2.29. The second kappa shape index (κ2) is 8.82. The predicted molar refractivity (Wildman–Crippen MR) is 117 cm³/mol. The molecule has 28 heavy (non-hydrogen) atoms. The molecule has 0 radical (unpaired) electrons. The molecular weight excluding hydrogens is 386 g/mol. The standard InChI is InChI=1S/C22H19N3OS2/c1-26-21-10-6-5-9-19(21)20-16-28-22(23-13-17-7-3-2-4-8-17)25(20)24-14-18-11-12-27-15-18/h2-12,14-16H,13H2,1H3. The summed E-state index contributed by atoms with van der Waals surface area (Å²) in [6.07, 6.45) is 1.86. The molecule has 2 heterocycles. The summed E-state index contributed by atoms with van der Waals surface area (Å²) in [4.78, 5) is 5.65. The average Bonchev–Trinajstić information content (AvgIpc) is 3.41. The molecule has 0 spiro atoms. The maximum Gasteiger partial charge on any atom is 0.206 e. The van der Waals surface area contributed by atoms with Crippen LogP contribution in [0.25, 0.3) is 11.3 Å². The first kappa shape index (κ1) is 18.4. The zero-order chi connectivity index (χ0) is 19.2. The molecule has 4 nitrogen and oxygen atoms in total. The van der Waals surface area contributed by atoms with E-state index in [1.807, 2.05) is 64.8 Å². The van der Waals surface area contributed by atoms with Crippen molar-refractivity contribution in [3.8, 4) is 17.0 Å². The van der Waals surface area contributed by atoms with E-state index in [2.05, 4.69) is 22.9 Å². The number of thiophene rings is 1. The number of hydrogen-bond acceptors (Lipinski definition) is 5. The molecular formula is C22H19N3OS2. The molecule has 0 fully saturated rings. The van der Waals surface area contributed by atoms with Crippen LogP contribution < -0.4 is 9.54 Å². The largest absolute Gasteiger partial charge is 0.496 e. The highest BCUT2D eigenvalue weighted by molar-refractivity contribution is 7.08. The monoisotopic (exact) mass is 405 g/mol. The van der Waals surface area contributed by atoms with Crippen LogP contribution in [-0.4, -0.2) is 18.0 Å². The topological polar surface area (TPSA) is 38.9 Å². The summed E-state index contributed by atoms with van der Waals surface area (Å²) in [6.45, 7) is 0.612.